The zero-order valence-electron chi connectivity index (χ0n) is 12.1. The first-order chi connectivity index (χ1) is 11.0. The molecule has 0 radical (unpaired) electrons. The highest BCUT2D eigenvalue weighted by Gasteiger charge is 2.20. The van der Waals surface area contributed by atoms with Crippen molar-refractivity contribution in [1.82, 2.24) is 0 Å². The van der Waals surface area contributed by atoms with Crippen molar-refractivity contribution in [2.24, 2.45) is 0 Å². The minimum atomic E-state index is -1.07. The maximum absolute atomic E-state index is 12.8. The lowest BCUT2D eigenvalue weighted by atomic mass is 9.95. The van der Waals surface area contributed by atoms with Gasteiger partial charge in [0, 0.05) is 0 Å². The maximum Gasteiger partial charge on any atom is 0.335 e. The lowest BCUT2D eigenvalue weighted by molar-refractivity contribution is -0.139. The number of hydrogen-bond donors (Lipinski definition) is 2. The summed E-state index contributed by atoms with van der Waals surface area (Å²) in [5.74, 6) is -2.81. The number of benzene rings is 2. The van der Waals surface area contributed by atoms with Crippen LogP contribution in [0, 0.1) is 5.82 Å². The highest BCUT2D eigenvalue weighted by molar-refractivity contribution is 5.87. The Hall–Kier alpha value is -2.89. The largest absolute Gasteiger partial charge is 0.494 e. The predicted molar refractivity (Wildman–Crippen MR) is 80.3 cm³/mol. The molecule has 0 saturated heterocycles. The van der Waals surface area contributed by atoms with Crippen LogP contribution in [0.4, 0.5) is 4.39 Å². The van der Waals surface area contributed by atoms with E-state index in [4.69, 9.17) is 9.84 Å². The smallest absolute Gasteiger partial charge is 0.335 e. The number of carbonyl (C=O) groups is 2. The van der Waals surface area contributed by atoms with Gasteiger partial charge in [-0.25, -0.2) is 9.18 Å². The Kier molecular flexibility index (Phi) is 5.30. The molecule has 0 spiro atoms. The topological polar surface area (TPSA) is 83.8 Å². The van der Waals surface area contributed by atoms with E-state index in [0.29, 0.717) is 11.3 Å². The summed E-state index contributed by atoms with van der Waals surface area (Å²) in [6.07, 6.45) is 0.207. The van der Waals surface area contributed by atoms with Crippen molar-refractivity contribution in [3.05, 3.63) is 65.5 Å². The van der Waals surface area contributed by atoms with E-state index in [-0.39, 0.29) is 24.4 Å². The Labute approximate surface area is 132 Å². The van der Waals surface area contributed by atoms with Crippen molar-refractivity contribution in [1.29, 1.82) is 0 Å². The van der Waals surface area contributed by atoms with Crippen molar-refractivity contribution in [2.75, 3.05) is 6.61 Å². The standard InChI is InChI=1S/C17H15FO5/c18-13-5-7-14(8-6-13)23-10-9-15(17(21)22)11-1-3-12(4-2-11)16(19)20/h1-8,15H,9-10H2,(H,19,20)(H,21,22). The fraction of sp³-hybridized carbons (Fsp3) is 0.176. The summed E-state index contributed by atoms with van der Waals surface area (Å²) >= 11 is 0. The Bertz CT molecular complexity index is 679. The van der Waals surface area contributed by atoms with Gasteiger partial charge in [-0.05, 0) is 48.4 Å². The Morgan fingerprint density at radius 2 is 1.61 bits per heavy atom. The zero-order chi connectivity index (χ0) is 16.8. The quantitative estimate of drug-likeness (QED) is 0.819. The van der Waals surface area contributed by atoms with Crippen LogP contribution in [0.3, 0.4) is 0 Å². The van der Waals surface area contributed by atoms with Gasteiger partial charge in [0.2, 0.25) is 0 Å². The molecule has 0 aliphatic heterocycles. The van der Waals surface area contributed by atoms with Crippen LogP contribution < -0.4 is 4.74 Å². The van der Waals surface area contributed by atoms with E-state index in [1.54, 1.807) is 0 Å². The minimum Gasteiger partial charge on any atom is -0.494 e. The molecule has 0 saturated carbocycles. The summed E-state index contributed by atoms with van der Waals surface area (Å²) in [7, 11) is 0. The summed E-state index contributed by atoms with van der Waals surface area (Å²) < 4.78 is 18.2. The van der Waals surface area contributed by atoms with Crippen LogP contribution in [0.25, 0.3) is 0 Å². The number of carboxylic acid groups (broad SMARTS) is 2. The lowest BCUT2D eigenvalue weighted by Crippen LogP contribution is -2.15. The molecule has 2 aromatic carbocycles. The molecule has 0 aliphatic rings. The van der Waals surface area contributed by atoms with Gasteiger partial charge < -0.3 is 14.9 Å². The number of carboxylic acids is 2. The third-order valence-electron chi connectivity index (χ3n) is 3.35. The molecular formula is C17H15FO5. The van der Waals surface area contributed by atoms with Crippen LogP contribution >= 0.6 is 0 Å². The minimum absolute atomic E-state index is 0.0976. The number of aromatic carboxylic acids is 1. The number of ether oxygens (including phenoxy) is 1. The number of rotatable bonds is 7. The monoisotopic (exact) mass is 318 g/mol. The van der Waals surface area contributed by atoms with Gasteiger partial charge in [-0.2, -0.15) is 0 Å². The highest BCUT2D eigenvalue weighted by Crippen LogP contribution is 2.22. The molecule has 0 aliphatic carbocycles. The molecule has 1 atom stereocenters. The molecule has 120 valence electrons. The maximum atomic E-state index is 12.8. The SMILES string of the molecule is O=C(O)c1ccc(C(CCOc2ccc(F)cc2)C(=O)O)cc1. The average molecular weight is 318 g/mol. The average Bonchev–Trinajstić information content (AvgIpc) is 2.53. The van der Waals surface area contributed by atoms with Crippen LogP contribution in [0.1, 0.15) is 28.3 Å². The molecule has 0 aromatic heterocycles. The normalized spacial score (nSPS) is 11.7. The molecule has 0 fully saturated rings. The lowest BCUT2D eigenvalue weighted by Gasteiger charge is -2.14. The molecule has 1 unspecified atom stereocenters. The van der Waals surface area contributed by atoms with Gasteiger partial charge in [-0.15, -0.1) is 0 Å². The molecule has 6 heteroatoms. The summed E-state index contributed by atoms with van der Waals surface area (Å²) in [4.78, 5) is 22.2. The summed E-state index contributed by atoms with van der Waals surface area (Å²) in [5, 5.41) is 18.2. The van der Waals surface area contributed by atoms with Crippen molar-refractivity contribution >= 4 is 11.9 Å². The van der Waals surface area contributed by atoms with Crippen LogP contribution in [0.2, 0.25) is 0 Å². The summed E-state index contributed by atoms with van der Waals surface area (Å²) in [5.41, 5.74) is 0.602. The van der Waals surface area contributed by atoms with E-state index in [0.717, 1.165) is 0 Å². The summed E-state index contributed by atoms with van der Waals surface area (Å²) in [6, 6.07) is 11.2. The molecule has 2 N–H and O–H groups in total. The summed E-state index contributed by atoms with van der Waals surface area (Å²) in [6.45, 7) is 0.142. The van der Waals surface area contributed by atoms with Crippen LogP contribution in [0.15, 0.2) is 48.5 Å². The first-order valence-electron chi connectivity index (χ1n) is 6.92. The van der Waals surface area contributed by atoms with E-state index >= 15 is 0 Å². The molecule has 2 rings (SSSR count). The zero-order valence-corrected chi connectivity index (χ0v) is 12.1. The fourth-order valence-corrected chi connectivity index (χ4v) is 2.12. The second-order valence-corrected chi connectivity index (χ2v) is 4.91. The number of hydrogen-bond acceptors (Lipinski definition) is 3. The molecule has 23 heavy (non-hydrogen) atoms. The van der Waals surface area contributed by atoms with Crippen LogP contribution in [-0.4, -0.2) is 28.8 Å². The van der Waals surface area contributed by atoms with E-state index in [2.05, 4.69) is 0 Å². The van der Waals surface area contributed by atoms with Crippen molar-refractivity contribution in [2.45, 2.75) is 12.3 Å². The Morgan fingerprint density at radius 3 is 2.13 bits per heavy atom. The van der Waals surface area contributed by atoms with E-state index < -0.39 is 17.9 Å². The van der Waals surface area contributed by atoms with Gasteiger partial charge in [0.25, 0.3) is 0 Å². The Balaban J connectivity index is 1.99. The molecule has 5 nitrogen and oxygen atoms in total. The van der Waals surface area contributed by atoms with Crippen LogP contribution in [0.5, 0.6) is 5.75 Å². The third-order valence-corrected chi connectivity index (χ3v) is 3.35. The molecule has 0 heterocycles. The van der Waals surface area contributed by atoms with Crippen LogP contribution in [-0.2, 0) is 4.79 Å². The van der Waals surface area contributed by atoms with Gasteiger partial charge in [-0.1, -0.05) is 12.1 Å². The third kappa shape index (κ3) is 4.54. The second-order valence-electron chi connectivity index (χ2n) is 4.91. The van der Waals surface area contributed by atoms with Gasteiger partial charge in [0.1, 0.15) is 11.6 Å². The molecule has 0 amide bonds. The molecular weight excluding hydrogens is 303 g/mol. The number of halogens is 1. The number of aliphatic carboxylic acids is 1. The first kappa shape index (κ1) is 16.5. The molecule has 0 bridgehead atoms. The van der Waals surface area contributed by atoms with Gasteiger partial charge in [0.15, 0.2) is 0 Å². The van der Waals surface area contributed by atoms with Gasteiger partial charge in [-0.3, -0.25) is 4.79 Å². The fourth-order valence-electron chi connectivity index (χ4n) is 2.12. The van der Waals surface area contributed by atoms with Gasteiger partial charge >= 0.3 is 11.9 Å². The van der Waals surface area contributed by atoms with Crippen molar-refractivity contribution < 1.29 is 28.9 Å². The highest BCUT2D eigenvalue weighted by atomic mass is 19.1. The second kappa shape index (κ2) is 7.40. The predicted octanol–water partition coefficient (Wildman–Crippen LogP) is 3.16. The van der Waals surface area contributed by atoms with E-state index in [1.807, 2.05) is 0 Å². The molecule has 2 aromatic rings. The van der Waals surface area contributed by atoms with E-state index in [9.17, 15) is 19.1 Å². The van der Waals surface area contributed by atoms with Gasteiger partial charge in [0.05, 0.1) is 18.1 Å². The first-order valence-corrected chi connectivity index (χ1v) is 6.92. The van der Waals surface area contributed by atoms with E-state index in [1.165, 1.54) is 48.5 Å². The van der Waals surface area contributed by atoms with Crippen molar-refractivity contribution in [3.63, 3.8) is 0 Å². The Morgan fingerprint density at radius 1 is 1.00 bits per heavy atom. The van der Waals surface area contributed by atoms with Crippen molar-refractivity contribution in [3.8, 4) is 5.75 Å².